The molecule has 0 aliphatic carbocycles. The summed E-state index contributed by atoms with van der Waals surface area (Å²) in [5, 5.41) is 1.08. The summed E-state index contributed by atoms with van der Waals surface area (Å²) in [6, 6.07) is 5.87. The first-order chi connectivity index (χ1) is 7.61. The molecule has 3 nitrogen and oxygen atoms in total. The van der Waals surface area contributed by atoms with Gasteiger partial charge in [0.05, 0.1) is 18.3 Å². The molecule has 1 heterocycles. The van der Waals surface area contributed by atoms with Crippen LogP contribution in [0.5, 0.6) is 5.75 Å². The summed E-state index contributed by atoms with van der Waals surface area (Å²) < 4.78 is 5.81. The monoisotopic (exact) mass is 280 g/mol. The number of rotatable bonds is 2. The Morgan fingerprint density at radius 1 is 1.25 bits per heavy atom. The number of nitrogens with zero attached hydrogens (tertiary/aromatic N) is 2. The second-order valence-electron chi connectivity index (χ2n) is 3.92. The highest BCUT2D eigenvalue weighted by Gasteiger charge is 2.10. The minimum Gasteiger partial charge on any atom is -0.497 e. The molecule has 0 saturated heterocycles. The summed E-state index contributed by atoms with van der Waals surface area (Å²) >= 11 is 3.34. The van der Waals surface area contributed by atoms with E-state index in [1.54, 1.807) is 7.11 Å². The third-order valence-corrected chi connectivity index (χ3v) is 2.81. The van der Waals surface area contributed by atoms with Gasteiger partial charge in [0.25, 0.3) is 0 Å². The Morgan fingerprint density at radius 3 is 2.62 bits per heavy atom. The fourth-order valence-electron chi connectivity index (χ4n) is 1.67. The lowest BCUT2D eigenvalue weighted by atomic mass is 10.0. The maximum Gasteiger partial charge on any atom is 0.197 e. The van der Waals surface area contributed by atoms with Crippen LogP contribution in [-0.4, -0.2) is 17.1 Å². The zero-order chi connectivity index (χ0) is 11.7. The quantitative estimate of drug-likeness (QED) is 0.790. The van der Waals surface area contributed by atoms with Crippen LogP contribution in [0.15, 0.2) is 22.9 Å². The van der Waals surface area contributed by atoms with Crippen molar-refractivity contribution in [3.8, 4) is 5.75 Å². The molecule has 0 saturated carbocycles. The molecular formula is C12H13BrN2O. The molecular weight excluding hydrogens is 268 g/mol. The molecule has 0 aliphatic heterocycles. The fraction of sp³-hybridized carbons (Fsp3) is 0.333. The van der Waals surface area contributed by atoms with Crippen molar-refractivity contribution in [1.82, 2.24) is 9.97 Å². The zero-order valence-electron chi connectivity index (χ0n) is 9.49. The summed E-state index contributed by atoms with van der Waals surface area (Å²) in [6.07, 6.45) is 0. The van der Waals surface area contributed by atoms with E-state index in [1.807, 2.05) is 18.2 Å². The van der Waals surface area contributed by atoms with Crippen molar-refractivity contribution in [2.75, 3.05) is 7.11 Å². The van der Waals surface area contributed by atoms with E-state index in [0.717, 1.165) is 22.3 Å². The number of benzene rings is 1. The highest BCUT2D eigenvalue weighted by molar-refractivity contribution is 9.10. The molecule has 84 valence electrons. The van der Waals surface area contributed by atoms with Crippen LogP contribution in [0, 0.1) is 0 Å². The van der Waals surface area contributed by atoms with E-state index in [4.69, 9.17) is 4.74 Å². The van der Waals surface area contributed by atoms with E-state index in [9.17, 15) is 0 Å². The average molecular weight is 281 g/mol. The molecule has 4 heteroatoms. The van der Waals surface area contributed by atoms with Gasteiger partial charge in [0.1, 0.15) is 5.75 Å². The molecule has 0 amide bonds. The van der Waals surface area contributed by atoms with Crippen molar-refractivity contribution in [1.29, 1.82) is 0 Å². The third-order valence-electron chi connectivity index (χ3n) is 2.45. The molecule has 0 aliphatic rings. The number of halogens is 1. The summed E-state index contributed by atoms with van der Waals surface area (Å²) in [5.74, 6) is 1.18. The lowest BCUT2D eigenvalue weighted by molar-refractivity contribution is 0.415. The molecule has 0 radical (unpaired) electrons. The largest absolute Gasteiger partial charge is 0.497 e. The van der Waals surface area contributed by atoms with Crippen LogP contribution < -0.4 is 4.74 Å². The van der Waals surface area contributed by atoms with E-state index < -0.39 is 0 Å². The van der Waals surface area contributed by atoms with Crippen LogP contribution in [0.2, 0.25) is 0 Å². The summed E-state index contributed by atoms with van der Waals surface area (Å²) in [5.41, 5.74) is 1.96. The van der Waals surface area contributed by atoms with Crippen molar-refractivity contribution in [2.45, 2.75) is 19.8 Å². The van der Waals surface area contributed by atoms with E-state index in [-0.39, 0.29) is 0 Å². The minimum atomic E-state index is 0.371. The predicted octanol–water partition coefficient (Wildman–Crippen LogP) is 3.52. The van der Waals surface area contributed by atoms with Crippen LogP contribution >= 0.6 is 15.9 Å². The molecule has 1 aromatic carbocycles. The highest BCUT2D eigenvalue weighted by atomic mass is 79.9. The maximum absolute atomic E-state index is 5.19. The number of aromatic nitrogens is 2. The van der Waals surface area contributed by atoms with Crippen molar-refractivity contribution in [3.05, 3.63) is 28.6 Å². The van der Waals surface area contributed by atoms with E-state index in [0.29, 0.717) is 10.7 Å². The van der Waals surface area contributed by atoms with Crippen LogP contribution in [0.25, 0.3) is 10.9 Å². The number of fused-ring (bicyclic) bond motifs is 1. The Labute approximate surface area is 103 Å². The molecule has 2 aromatic rings. The van der Waals surface area contributed by atoms with Crippen LogP contribution in [0.1, 0.15) is 25.5 Å². The smallest absolute Gasteiger partial charge is 0.197 e. The molecule has 16 heavy (non-hydrogen) atoms. The van der Waals surface area contributed by atoms with Gasteiger partial charge in [0.2, 0.25) is 0 Å². The summed E-state index contributed by atoms with van der Waals surface area (Å²) in [6.45, 7) is 4.25. The zero-order valence-corrected chi connectivity index (χ0v) is 11.1. The average Bonchev–Trinajstić information content (AvgIpc) is 2.26. The maximum atomic E-state index is 5.19. The van der Waals surface area contributed by atoms with Gasteiger partial charge in [-0.25, -0.2) is 9.97 Å². The lowest BCUT2D eigenvalue weighted by Gasteiger charge is -2.09. The Bertz CT molecular complexity index is 526. The molecule has 0 N–H and O–H groups in total. The number of hydrogen-bond donors (Lipinski definition) is 0. The first-order valence-electron chi connectivity index (χ1n) is 5.13. The summed E-state index contributed by atoms with van der Waals surface area (Å²) in [4.78, 5) is 8.77. The first-order valence-corrected chi connectivity index (χ1v) is 5.92. The number of methoxy groups -OCH3 is 1. The SMILES string of the molecule is COc1ccc2c(C(C)C)nc(Br)nc2c1. The van der Waals surface area contributed by atoms with Gasteiger partial charge in [-0.2, -0.15) is 0 Å². The topological polar surface area (TPSA) is 35.0 Å². The van der Waals surface area contributed by atoms with Crippen molar-refractivity contribution in [3.63, 3.8) is 0 Å². The Balaban J connectivity index is 2.73. The van der Waals surface area contributed by atoms with Gasteiger partial charge in [0, 0.05) is 11.5 Å². The second-order valence-corrected chi connectivity index (χ2v) is 4.62. The van der Waals surface area contributed by atoms with Gasteiger partial charge in [-0.3, -0.25) is 0 Å². The fourth-order valence-corrected chi connectivity index (χ4v) is 2.05. The van der Waals surface area contributed by atoms with Gasteiger partial charge >= 0.3 is 0 Å². The number of hydrogen-bond acceptors (Lipinski definition) is 3. The Kier molecular flexibility index (Phi) is 3.10. The van der Waals surface area contributed by atoms with Crippen molar-refractivity contribution in [2.24, 2.45) is 0 Å². The van der Waals surface area contributed by atoms with Gasteiger partial charge in [0.15, 0.2) is 4.73 Å². The Morgan fingerprint density at radius 2 is 2.00 bits per heavy atom. The molecule has 0 spiro atoms. The normalized spacial score (nSPS) is 11.1. The Hall–Kier alpha value is -1.16. The van der Waals surface area contributed by atoms with Gasteiger partial charge < -0.3 is 4.74 Å². The molecule has 2 rings (SSSR count). The molecule has 0 unspecified atom stereocenters. The highest BCUT2D eigenvalue weighted by Crippen LogP contribution is 2.26. The summed E-state index contributed by atoms with van der Waals surface area (Å²) in [7, 11) is 1.65. The van der Waals surface area contributed by atoms with Gasteiger partial charge in [-0.1, -0.05) is 13.8 Å². The minimum absolute atomic E-state index is 0.371. The van der Waals surface area contributed by atoms with E-state index >= 15 is 0 Å². The number of ether oxygens (including phenoxy) is 1. The molecule has 0 atom stereocenters. The van der Waals surface area contributed by atoms with Crippen molar-refractivity contribution < 1.29 is 4.74 Å². The van der Waals surface area contributed by atoms with Crippen LogP contribution in [-0.2, 0) is 0 Å². The van der Waals surface area contributed by atoms with Gasteiger partial charge in [-0.05, 0) is 34.0 Å². The lowest BCUT2D eigenvalue weighted by Crippen LogP contribution is -1.98. The first kappa shape index (κ1) is 11.3. The standard InChI is InChI=1S/C12H13BrN2O/c1-7(2)11-9-5-4-8(16-3)6-10(9)14-12(13)15-11/h4-7H,1-3H3. The van der Waals surface area contributed by atoms with Gasteiger partial charge in [-0.15, -0.1) is 0 Å². The molecule has 1 aromatic heterocycles. The van der Waals surface area contributed by atoms with E-state index in [1.165, 1.54) is 0 Å². The van der Waals surface area contributed by atoms with E-state index in [2.05, 4.69) is 39.7 Å². The molecule has 0 bridgehead atoms. The van der Waals surface area contributed by atoms with Crippen molar-refractivity contribution >= 4 is 26.8 Å². The van der Waals surface area contributed by atoms with Crippen LogP contribution in [0.3, 0.4) is 0 Å². The molecule has 0 fully saturated rings. The van der Waals surface area contributed by atoms with Crippen LogP contribution in [0.4, 0.5) is 0 Å². The second kappa shape index (κ2) is 4.37. The predicted molar refractivity (Wildman–Crippen MR) is 67.9 cm³/mol. The third kappa shape index (κ3) is 2.02.